The molecule has 4 nitrogen and oxygen atoms in total. The van der Waals surface area contributed by atoms with E-state index in [0.29, 0.717) is 23.9 Å². The minimum Gasteiger partial charge on any atom is -0.319 e. The van der Waals surface area contributed by atoms with Crippen LogP contribution in [-0.4, -0.2) is 39.4 Å². The lowest BCUT2D eigenvalue weighted by atomic mass is 10.00. The third kappa shape index (κ3) is 4.23. The number of hydrogen-bond acceptors (Lipinski definition) is 3. The normalized spacial score (nSPS) is 19.7. The van der Waals surface area contributed by atoms with Gasteiger partial charge in [0.05, 0.1) is 4.90 Å². The molecule has 0 spiro atoms. The number of benzene rings is 1. The van der Waals surface area contributed by atoms with Crippen LogP contribution >= 0.6 is 28.3 Å². The molecule has 1 atom stereocenters. The van der Waals surface area contributed by atoms with Gasteiger partial charge in [-0.25, -0.2) is 8.42 Å². The van der Waals surface area contributed by atoms with E-state index >= 15 is 0 Å². The lowest BCUT2D eigenvalue weighted by molar-refractivity contribution is 0.263. The number of nitrogens with one attached hydrogen (secondary N) is 1. The molecular weight excluding hydrogens is 388 g/mol. The Bertz CT molecular complexity index is 620. The molecule has 1 aromatic rings. The van der Waals surface area contributed by atoms with Gasteiger partial charge in [0.25, 0.3) is 0 Å². The Hall–Kier alpha value is -0.140. The minimum absolute atomic E-state index is 0. The van der Waals surface area contributed by atoms with E-state index in [9.17, 15) is 8.42 Å². The first kappa shape index (κ1) is 19.9. The molecule has 0 aliphatic carbocycles. The molecule has 0 radical (unpaired) electrons. The fourth-order valence-electron chi connectivity index (χ4n) is 2.87. The lowest BCUT2D eigenvalue weighted by Crippen LogP contribution is -2.42. The van der Waals surface area contributed by atoms with E-state index in [1.54, 1.807) is 10.4 Å². The molecular formula is C15H24BrClN2O2S. The second-order valence-electron chi connectivity index (χ2n) is 5.80. The Morgan fingerprint density at radius 1 is 1.32 bits per heavy atom. The third-order valence-electron chi connectivity index (χ3n) is 4.05. The molecule has 0 aromatic heterocycles. The van der Waals surface area contributed by atoms with Gasteiger partial charge in [-0.2, -0.15) is 4.31 Å². The van der Waals surface area contributed by atoms with Gasteiger partial charge < -0.3 is 5.32 Å². The largest absolute Gasteiger partial charge is 0.319 e. The van der Waals surface area contributed by atoms with Crippen molar-refractivity contribution in [3.8, 4) is 0 Å². The molecule has 0 amide bonds. The van der Waals surface area contributed by atoms with Crippen LogP contribution in [-0.2, 0) is 10.0 Å². The standard InChI is InChI=1S/C15H23BrN2O2S.ClH/c1-11-8-15(12(2)7-14(11)16)21(19,20)18-6-4-5-13(10-18)9-17-3;/h7-8,13,17H,4-6,9-10H2,1-3H3;1H. The maximum Gasteiger partial charge on any atom is 0.243 e. The first-order valence-corrected chi connectivity index (χ1v) is 9.51. The second-order valence-corrected chi connectivity index (χ2v) is 8.56. The van der Waals surface area contributed by atoms with Crippen molar-refractivity contribution < 1.29 is 8.42 Å². The lowest BCUT2D eigenvalue weighted by Gasteiger charge is -2.32. The van der Waals surface area contributed by atoms with Gasteiger partial charge in [0.2, 0.25) is 10.0 Å². The highest BCUT2D eigenvalue weighted by Gasteiger charge is 2.31. The number of rotatable bonds is 4. The van der Waals surface area contributed by atoms with Crippen LogP contribution in [0.15, 0.2) is 21.5 Å². The molecule has 1 aliphatic heterocycles. The van der Waals surface area contributed by atoms with Gasteiger partial charge in [-0.1, -0.05) is 15.9 Å². The number of nitrogens with zero attached hydrogens (tertiary/aromatic N) is 1. The smallest absolute Gasteiger partial charge is 0.243 e. The van der Waals surface area contributed by atoms with E-state index in [1.165, 1.54) is 0 Å². The first-order valence-electron chi connectivity index (χ1n) is 7.27. The summed E-state index contributed by atoms with van der Waals surface area (Å²) in [6, 6.07) is 3.66. The molecule has 22 heavy (non-hydrogen) atoms. The summed E-state index contributed by atoms with van der Waals surface area (Å²) in [4.78, 5) is 0.438. The van der Waals surface area contributed by atoms with Gasteiger partial charge >= 0.3 is 0 Å². The first-order chi connectivity index (χ1) is 9.86. The summed E-state index contributed by atoms with van der Waals surface area (Å²) in [5, 5.41) is 3.15. The summed E-state index contributed by atoms with van der Waals surface area (Å²) in [6.45, 7) is 5.87. The summed E-state index contributed by atoms with van der Waals surface area (Å²) in [6.07, 6.45) is 2.02. The summed E-state index contributed by atoms with van der Waals surface area (Å²) < 4.78 is 28.4. The van der Waals surface area contributed by atoms with Crippen LogP contribution in [0, 0.1) is 19.8 Å². The Kier molecular flexibility index (Phi) is 7.33. The average molecular weight is 412 g/mol. The molecule has 0 bridgehead atoms. The van der Waals surface area contributed by atoms with Crippen LogP contribution in [0.4, 0.5) is 0 Å². The van der Waals surface area contributed by atoms with Crippen molar-refractivity contribution in [1.29, 1.82) is 0 Å². The Balaban J connectivity index is 0.00000242. The number of piperidine rings is 1. The predicted octanol–water partition coefficient (Wildman–Crippen LogP) is 3.11. The summed E-state index contributed by atoms with van der Waals surface area (Å²) in [7, 11) is -1.49. The average Bonchev–Trinajstić information content (AvgIpc) is 2.43. The van der Waals surface area contributed by atoms with Crippen molar-refractivity contribution in [3.05, 3.63) is 27.7 Å². The molecule has 1 aromatic carbocycles. The molecule has 126 valence electrons. The predicted molar refractivity (Wildman–Crippen MR) is 96.3 cm³/mol. The van der Waals surface area contributed by atoms with Gasteiger partial charge in [-0.3, -0.25) is 0 Å². The quantitative estimate of drug-likeness (QED) is 0.828. The molecule has 2 rings (SSSR count). The molecule has 1 saturated heterocycles. The van der Waals surface area contributed by atoms with E-state index < -0.39 is 10.0 Å². The Morgan fingerprint density at radius 3 is 2.64 bits per heavy atom. The van der Waals surface area contributed by atoms with Crippen LogP contribution in [0.3, 0.4) is 0 Å². The van der Waals surface area contributed by atoms with E-state index in [2.05, 4.69) is 21.2 Å². The molecule has 1 heterocycles. The zero-order valence-corrected chi connectivity index (χ0v) is 16.4. The molecule has 1 aliphatic rings. The third-order valence-corrected chi connectivity index (χ3v) is 6.91. The second kappa shape index (κ2) is 8.11. The molecule has 1 unspecified atom stereocenters. The minimum atomic E-state index is -3.40. The highest BCUT2D eigenvalue weighted by Crippen LogP contribution is 2.29. The highest BCUT2D eigenvalue weighted by molar-refractivity contribution is 9.10. The van der Waals surface area contributed by atoms with Crippen LogP contribution in [0.5, 0.6) is 0 Å². The monoisotopic (exact) mass is 410 g/mol. The maximum atomic E-state index is 12.9. The highest BCUT2D eigenvalue weighted by atomic mass is 79.9. The van der Waals surface area contributed by atoms with E-state index in [-0.39, 0.29) is 12.4 Å². The molecule has 1 N–H and O–H groups in total. The summed E-state index contributed by atoms with van der Waals surface area (Å²) in [5.41, 5.74) is 1.74. The van der Waals surface area contributed by atoms with Gasteiger partial charge in [-0.15, -0.1) is 12.4 Å². The number of sulfonamides is 1. The van der Waals surface area contributed by atoms with Crippen LogP contribution in [0.25, 0.3) is 0 Å². The molecule has 1 fully saturated rings. The van der Waals surface area contributed by atoms with Gasteiger partial charge in [-0.05, 0) is 69.5 Å². The van der Waals surface area contributed by atoms with Crippen molar-refractivity contribution in [3.63, 3.8) is 0 Å². The van der Waals surface area contributed by atoms with E-state index in [0.717, 1.165) is 35.0 Å². The zero-order valence-electron chi connectivity index (χ0n) is 13.2. The maximum absolute atomic E-state index is 12.9. The van der Waals surface area contributed by atoms with Crippen LogP contribution in [0.2, 0.25) is 0 Å². The molecule has 7 heteroatoms. The van der Waals surface area contributed by atoms with Gasteiger partial charge in [0.15, 0.2) is 0 Å². The Morgan fingerprint density at radius 2 is 2.00 bits per heavy atom. The Labute approximate surface area is 148 Å². The van der Waals surface area contributed by atoms with Crippen molar-refractivity contribution in [2.75, 3.05) is 26.7 Å². The molecule has 0 saturated carbocycles. The van der Waals surface area contributed by atoms with E-state index in [4.69, 9.17) is 0 Å². The number of hydrogen-bond donors (Lipinski definition) is 1. The van der Waals surface area contributed by atoms with Gasteiger partial charge in [0.1, 0.15) is 0 Å². The number of aryl methyl sites for hydroxylation is 2. The fourth-order valence-corrected chi connectivity index (χ4v) is 5.18. The summed E-state index contributed by atoms with van der Waals surface area (Å²) >= 11 is 3.46. The van der Waals surface area contributed by atoms with Crippen molar-refractivity contribution in [1.82, 2.24) is 9.62 Å². The zero-order chi connectivity index (χ0) is 15.6. The van der Waals surface area contributed by atoms with E-state index in [1.807, 2.05) is 27.0 Å². The fraction of sp³-hybridized carbons (Fsp3) is 0.600. The van der Waals surface area contributed by atoms with Crippen LogP contribution in [0.1, 0.15) is 24.0 Å². The topological polar surface area (TPSA) is 49.4 Å². The van der Waals surface area contributed by atoms with Crippen molar-refractivity contribution >= 4 is 38.4 Å². The SMILES string of the molecule is CNCC1CCCN(S(=O)(=O)c2cc(C)c(Br)cc2C)C1.Cl. The number of halogens is 2. The van der Waals surface area contributed by atoms with Crippen molar-refractivity contribution in [2.24, 2.45) is 5.92 Å². The van der Waals surface area contributed by atoms with Crippen molar-refractivity contribution in [2.45, 2.75) is 31.6 Å². The summed E-state index contributed by atoms with van der Waals surface area (Å²) in [5.74, 6) is 0.398. The van der Waals surface area contributed by atoms with Gasteiger partial charge in [0, 0.05) is 17.6 Å². The van der Waals surface area contributed by atoms with Crippen LogP contribution < -0.4 is 5.32 Å².